The summed E-state index contributed by atoms with van der Waals surface area (Å²) in [5, 5.41) is 8.86. The summed E-state index contributed by atoms with van der Waals surface area (Å²) < 4.78 is 26.7. The molecule has 0 heterocycles. The minimum absolute atomic E-state index is 0.00990. The van der Waals surface area contributed by atoms with Crippen molar-refractivity contribution in [2.24, 2.45) is 0 Å². The molecule has 0 aliphatic heterocycles. The zero-order valence-electron chi connectivity index (χ0n) is 10.4. The standard InChI is InChI=1S/C12H15NO4S2/c1-18-12(5-6-12)8-13-19(16,17)10-4-2-3-9(7-10)11(14)15/h2-4,7,13H,5-6,8H2,1H3,(H,14,15). The number of nitrogens with one attached hydrogen (secondary N) is 1. The van der Waals surface area contributed by atoms with Crippen molar-refractivity contribution >= 4 is 27.8 Å². The Morgan fingerprint density at radius 2 is 2.16 bits per heavy atom. The zero-order valence-corrected chi connectivity index (χ0v) is 12.1. The van der Waals surface area contributed by atoms with Gasteiger partial charge in [0.05, 0.1) is 10.5 Å². The molecule has 19 heavy (non-hydrogen) atoms. The Morgan fingerprint density at radius 3 is 2.68 bits per heavy atom. The molecule has 1 fully saturated rings. The SMILES string of the molecule is CSC1(CNS(=O)(=O)c2cccc(C(=O)O)c2)CC1. The van der Waals surface area contributed by atoms with E-state index >= 15 is 0 Å². The lowest BCUT2D eigenvalue weighted by Gasteiger charge is -2.13. The van der Waals surface area contributed by atoms with Gasteiger partial charge in [-0.15, -0.1) is 0 Å². The number of benzene rings is 1. The van der Waals surface area contributed by atoms with Crippen LogP contribution in [-0.4, -0.2) is 37.0 Å². The second-order valence-electron chi connectivity index (χ2n) is 4.54. The van der Waals surface area contributed by atoms with E-state index in [1.54, 1.807) is 11.8 Å². The molecular formula is C12H15NO4S2. The molecule has 0 aromatic heterocycles. The smallest absolute Gasteiger partial charge is 0.335 e. The number of sulfonamides is 1. The highest BCUT2D eigenvalue weighted by atomic mass is 32.2. The van der Waals surface area contributed by atoms with Crippen LogP contribution >= 0.6 is 11.8 Å². The van der Waals surface area contributed by atoms with Crippen molar-refractivity contribution in [3.05, 3.63) is 29.8 Å². The van der Waals surface area contributed by atoms with E-state index in [2.05, 4.69) is 4.72 Å². The fraction of sp³-hybridized carbons (Fsp3) is 0.417. The molecule has 0 amide bonds. The Morgan fingerprint density at radius 1 is 1.47 bits per heavy atom. The number of carboxylic acids is 1. The monoisotopic (exact) mass is 301 g/mol. The molecule has 0 bridgehead atoms. The second kappa shape index (κ2) is 5.15. The Balaban J connectivity index is 2.15. The quantitative estimate of drug-likeness (QED) is 0.833. The molecule has 2 rings (SSSR count). The first-order chi connectivity index (χ1) is 8.88. The van der Waals surface area contributed by atoms with Crippen molar-refractivity contribution < 1.29 is 18.3 Å². The third-order valence-electron chi connectivity index (χ3n) is 3.22. The van der Waals surface area contributed by atoms with Gasteiger partial charge in [-0.2, -0.15) is 11.8 Å². The van der Waals surface area contributed by atoms with Crippen molar-refractivity contribution in [3.8, 4) is 0 Å². The number of hydrogen-bond acceptors (Lipinski definition) is 4. The van der Waals surface area contributed by atoms with E-state index in [-0.39, 0.29) is 15.2 Å². The highest BCUT2D eigenvalue weighted by Crippen LogP contribution is 2.46. The highest BCUT2D eigenvalue weighted by Gasteiger charge is 2.42. The van der Waals surface area contributed by atoms with Gasteiger partial charge in [0.2, 0.25) is 10.0 Å². The molecule has 1 saturated carbocycles. The maximum absolute atomic E-state index is 12.1. The molecule has 0 spiro atoms. The van der Waals surface area contributed by atoms with Crippen molar-refractivity contribution in [2.45, 2.75) is 22.5 Å². The Bertz CT molecular complexity index is 594. The molecule has 1 aromatic carbocycles. The van der Waals surface area contributed by atoms with E-state index in [0.717, 1.165) is 12.8 Å². The number of rotatable bonds is 6. The van der Waals surface area contributed by atoms with Gasteiger partial charge in [0, 0.05) is 11.3 Å². The summed E-state index contributed by atoms with van der Waals surface area (Å²) in [6.45, 7) is 0.383. The largest absolute Gasteiger partial charge is 0.478 e. The molecule has 1 aromatic rings. The van der Waals surface area contributed by atoms with Crippen LogP contribution in [0.4, 0.5) is 0 Å². The number of carboxylic acid groups (broad SMARTS) is 1. The van der Waals surface area contributed by atoms with Gasteiger partial charge in [0.25, 0.3) is 0 Å². The minimum atomic E-state index is -3.65. The molecule has 104 valence electrons. The molecular weight excluding hydrogens is 286 g/mol. The predicted molar refractivity (Wildman–Crippen MR) is 74.1 cm³/mol. The van der Waals surface area contributed by atoms with E-state index in [4.69, 9.17) is 5.11 Å². The second-order valence-corrected chi connectivity index (χ2v) is 7.59. The van der Waals surface area contributed by atoms with Crippen LogP contribution in [0.5, 0.6) is 0 Å². The minimum Gasteiger partial charge on any atom is -0.478 e. The average molecular weight is 301 g/mol. The summed E-state index contributed by atoms with van der Waals surface area (Å²) in [4.78, 5) is 10.8. The van der Waals surface area contributed by atoms with Crippen LogP contribution in [0.15, 0.2) is 29.2 Å². The molecule has 1 aliphatic rings. The van der Waals surface area contributed by atoms with Gasteiger partial charge in [0.1, 0.15) is 0 Å². The van der Waals surface area contributed by atoms with Crippen LogP contribution in [0.1, 0.15) is 23.2 Å². The first-order valence-corrected chi connectivity index (χ1v) is 8.48. The van der Waals surface area contributed by atoms with Crippen LogP contribution in [0.3, 0.4) is 0 Å². The van der Waals surface area contributed by atoms with Gasteiger partial charge in [-0.05, 0) is 37.3 Å². The lowest BCUT2D eigenvalue weighted by atomic mass is 10.2. The van der Waals surface area contributed by atoms with Crippen LogP contribution in [-0.2, 0) is 10.0 Å². The molecule has 0 saturated heterocycles. The van der Waals surface area contributed by atoms with Crippen LogP contribution in [0.25, 0.3) is 0 Å². The highest BCUT2D eigenvalue weighted by molar-refractivity contribution is 8.00. The molecule has 7 heteroatoms. The summed E-state index contributed by atoms with van der Waals surface area (Å²) in [6, 6.07) is 5.36. The maximum atomic E-state index is 12.1. The normalized spacial score (nSPS) is 17.1. The van der Waals surface area contributed by atoms with E-state index in [9.17, 15) is 13.2 Å². The first kappa shape index (κ1) is 14.4. The Labute approximate surface area is 116 Å². The summed E-state index contributed by atoms with van der Waals surface area (Å²) in [7, 11) is -3.65. The molecule has 0 unspecified atom stereocenters. The van der Waals surface area contributed by atoms with E-state index in [1.165, 1.54) is 24.3 Å². The van der Waals surface area contributed by atoms with Crippen molar-refractivity contribution in [1.82, 2.24) is 4.72 Å². The fourth-order valence-electron chi connectivity index (χ4n) is 1.70. The van der Waals surface area contributed by atoms with Gasteiger partial charge in [0.15, 0.2) is 0 Å². The third-order valence-corrected chi connectivity index (χ3v) is 6.03. The van der Waals surface area contributed by atoms with Crippen LogP contribution in [0, 0.1) is 0 Å². The molecule has 2 N–H and O–H groups in total. The molecule has 0 radical (unpaired) electrons. The van der Waals surface area contributed by atoms with Gasteiger partial charge >= 0.3 is 5.97 Å². The summed E-state index contributed by atoms with van der Waals surface area (Å²) in [6.07, 6.45) is 3.98. The van der Waals surface area contributed by atoms with Gasteiger partial charge < -0.3 is 5.11 Å². The number of aromatic carboxylic acids is 1. The molecule has 1 aliphatic carbocycles. The van der Waals surface area contributed by atoms with Gasteiger partial charge in [-0.1, -0.05) is 6.07 Å². The van der Waals surface area contributed by atoms with Crippen molar-refractivity contribution in [2.75, 3.05) is 12.8 Å². The molecule has 5 nitrogen and oxygen atoms in total. The summed E-state index contributed by atoms with van der Waals surface area (Å²) in [5.41, 5.74) is -0.0334. The maximum Gasteiger partial charge on any atom is 0.335 e. The topological polar surface area (TPSA) is 83.5 Å². The lowest BCUT2D eigenvalue weighted by molar-refractivity contribution is 0.0696. The van der Waals surface area contributed by atoms with E-state index in [0.29, 0.717) is 6.54 Å². The van der Waals surface area contributed by atoms with E-state index < -0.39 is 16.0 Å². The van der Waals surface area contributed by atoms with Gasteiger partial charge in [-0.25, -0.2) is 17.9 Å². The van der Waals surface area contributed by atoms with E-state index in [1.807, 2.05) is 6.26 Å². The third kappa shape index (κ3) is 3.29. The van der Waals surface area contributed by atoms with Crippen molar-refractivity contribution in [1.29, 1.82) is 0 Å². The lowest BCUT2D eigenvalue weighted by Crippen LogP contribution is -2.31. The average Bonchev–Trinajstić information content (AvgIpc) is 3.17. The Hall–Kier alpha value is -1.05. The number of thioether (sulfide) groups is 1. The number of hydrogen-bond donors (Lipinski definition) is 2. The van der Waals surface area contributed by atoms with Crippen LogP contribution in [0.2, 0.25) is 0 Å². The van der Waals surface area contributed by atoms with Crippen molar-refractivity contribution in [3.63, 3.8) is 0 Å². The predicted octanol–water partition coefficient (Wildman–Crippen LogP) is 1.56. The zero-order chi connectivity index (χ0) is 14.1. The first-order valence-electron chi connectivity index (χ1n) is 5.77. The van der Waals surface area contributed by atoms with Gasteiger partial charge in [-0.3, -0.25) is 0 Å². The summed E-state index contributed by atoms with van der Waals surface area (Å²) in [5.74, 6) is -1.14. The molecule has 0 atom stereocenters. The fourth-order valence-corrected chi connectivity index (χ4v) is 3.69. The van der Waals surface area contributed by atoms with Crippen LogP contribution < -0.4 is 4.72 Å². The summed E-state index contributed by atoms with van der Waals surface area (Å²) >= 11 is 1.66. The Kier molecular flexibility index (Phi) is 3.89. The number of carbonyl (C=O) groups is 1.